The van der Waals surface area contributed by atoms with Gasteiger partial charge in [-0.3, -0.25) is 9.20 Å². The Bertz CT molecular complexity index is 516. The number of nitrogens with one attached hydrogen (secondary N) is 1. The van der Waals surface area contributed by atoms with Crippen molar-refractivity contribution in [1.29, 1.82) is 5.26 Å². The highest BCUT2D eigenvalue weighted by Gasteiger charge is 2.03. The predicted octanol–water partition coefficient (Wildman–Crippen LogP) is -0.106. The van der Waals surface area contributed by atoms with Crippen LogP contribution in [0.5, 0.6) is 0 Å². The molecule has 0 saturated carbocycles. The van der Waals surface area contributed by atoms with E-state index >= 15 is 0 Å². The molecule has 0 atom stereocenters. The molecule has 58 valence electrons. The molecule has 0 fully saturated rings. The first kappa shape index (κ1) is 6.61. The van der Waals surface area contributed by atoms with E-state index in [1.165, 1.54) is 16.8 Å². The van der Waals surface area contributed by atoms with Crippen LogP contribution in [0.15, 0.2) is 23.4 Å². The van der Waals surface area contributed by atoms with Gasteiger partial charge in [-0.25, -0.2) is 4.98 Å². The van der Waals surface area contributed by atoms with E-state index in [-0.39, 0.29) is 11.2 Å². The van der Waals surface area contributed by atoms with Crippen molar-refractivity contribution in [3.05, 3.63) is 34.6 Å². The molecule has 0 aromatic carbocycles. The summed E-state index contributed by atoms with van der Waals surface area (Å²) in [4.78, 5) is 17.3. The van der Waals surface area contributed by atoms with E-state index in [2.05, 4.69) is 9.97 Å². The fraction of sp³-hybridized carbons (Fsp3) is 0. The molecule has 2 aromatic heterocycles. The van der Waals surface area contributed by atoms with Gasteiger partial charge in [0, 0.05) is 12.4 Å². The minimum Gasteiger partial charge on any atom is -0.324 e. The lowest BCUT2D eigenvalue weighted by Crippen LogP contribution is -2.08. The van der Waals surface area contributed by atoms with E-state index in [9.17, 15) is 4.79 Å². The Labute approximate surface area is 66.9 Å². The SMILES string of the molecule is N#Cc1cnc2c(=O)[nH]ccn12. The predicted molar refractivity (Wildman–Crippen MR) is 40.5 cm³/mol. The molecule has 5 heteroatoms. The number of aromatic amines is 1. The fourth-order valence-electron chi connectivity index (χ4n) is 1.01. The van der Waals surface area contributed by atoms with E-state index in [0.29, 0.717) is 5.69 Å². The van der Waals surface area contributed by atoms with Crippen molar-refractivity contribution in [3.8, 4) is 6.07 Å². The quantitative estimate of drug-likeness (QED) is 0.584. The summed E-state index contributed by atoms with van der Waals surface area (Å²) in [7, 11) is 0. The smallest absolute Gasteiger partial charge is 0.291 e. The Hall–Kier alpha value is -2.09. The molecule has 0 spiro atoms. The summed E-state index contributed by atoms with van der Waals surface area (Å²) >= 11 is 0. The van der Waals surface area contributed by atoms with Crippen molar-refractivity contribution < 1.29 is 0 Å². The lowest BCUT2D eigenvalue weighted by molar-refractivity contribution is 1.07. The molecule has 5 nitrogen and oxygen atoms in total. The monoisotopic (exact) mass is 160 g/mol. The van der Waals surface area contributed by atoms with Crippen LogP contribution < -0.4 is 5.56 Å². The summed E-state index contributed by atoms with van der Waals surface area (Å²) in [6, 6.07) is 1.92. The minimum absolute atomic E-state index is 0.244. The van der Waals surface area contributed by atoms with Crippen LogP contribution in [0.4, 0.5) is 0 Å². The zero-order valence-corrected chi connectivity index (χ0v) is 5.98. The molecule has 0 bridgehead atoms. The van der Waals surface area contributed by atoms with Crippen LogP contribution in [-0.2, 0) is 0 Å². The van der Waals surface area contributed by atoms with Crippen LogP contribution in [0.25, 0.3) is 5.65 Å². The summed E-state index contributed by atoms with van der Waals surface area (Å²) in [5.74, 6) is 0. The summed E-state index contributed by atoms with van der Waals surface area (Å²) < 4.78 is 1.44. The van der Waals surface area contributed by atoms with Crippen molar-refractivity contribution in [2.45, 2.75) is 0 Å². The maximum absolute atomic E-state index is 11.1. The van der Waals surface area contributed by atoms with E-state index in [1.54, 1.807) is 6.20 Å². The highest BCUT2D eigenvalue weighted by Crippen LogP contribution is 1.98. The van der Waals surface area contributed by atoms with Crippen LogP contribution in [0.3, 0.4) is 0 Å². The number of hydrogen-bond donors (Lipinski definition) is 1. The van der Waals surface area contributed by atoms with Crippen LogP contribution in [-0.4, -0.2) is 14.4 Å². The van der Waals surface area contributed by atoms with Gasteiger partial charge in [-0.2, -0.15) is 5.26 Å². The van der Waals surface area contributed by atoms with Gasteiger partial charge in [-0.1, -0.05) is 0 Å². The van der Waals surface area contributed by atoms with E-state index in [4.69, 9.17) is 5.26 Å². The zero-order valence-electron chi connectivity index (χ0n) is 5.98. The van der Waals surface area contributed by atoms with Gasteiger partial charge in [-0.15, -0.1) is 0 Å². The first-order valence-corrected chi connectivity index (χ1v) is 3.28. The maximum atomic E-state index is 11.1. The van der Waals surface area contributed by atoms with Gasteiger partial charge in [0.15, 0.2) is 0 Å². The first-order valence-electron chi connectivity index (χ1n) is 3.28. The third-order valence-corrected chi connectivity index (χ3v) is 1.55. The van der Waals surface area contributed by atoms with Gasteiger partial charge in [0.25, 0.3) is 5.56 Å². The molecule has 0 aliphatic rings. The van der Waals surface area contributed by atoms with Crippen molar-refractivity contribution in [1.82, 2.24) is 14.4 Å². The van der Waals surface area contributed by atoms with Crippen molar-refractivity contribution in [3.63, 3.8) is 0 Å². The normalized spacial score (nSPS) is 9.92. The second-order valence-corrected chi connectivity index (χ2v) is 2.24. The second kappa shape index (κ2) is 2.20. The molecule has 2 aromatic rings. The van der Waals surface area contributed by atoms with Crippen molar-refractivity contribution in [2.75, 3.05) is 0 Å². The molecule has 0 unspecified atom stereocenters. The number of nitrogens with zero attached hydrogens (tertiary/aromatic N) is 3. The van der Waals surface area contributed by atoms with Crippen LogP contribution in [0.2, 0.25) is 0 Å². The van der Waals surface area contributed by atoms with Gasteiger partial charge in [0.2, 0.25) is 5.65 Å². The molecule has 0 aliphatic heterocycles. The number of imidazole rings is 1. The molecular weight excluding hydrogens is 156 g/mol. The molecule has 2 heterocycles. The summed E-state index contributed by atoms with van der Waals surface area (Å²) in [5.41, 5.74) is 0.309. The van der Waals surface area contributed by atoms with Gasteiger partial charge >= 0.3 is 0 Å². The zero-order chi connectivity index (χ0) is 8.55. The second-order valence-electron chi connectivity index (χ2n) is 2.24. The highest BCUT2D eigenvalue weighted by atomic mass is 16.1. The van der Waals surface area contributed by atoms with Crippen LogP contribution >= 0.6 is 0 Å². The third-order valence-electron chi connectivity index (χ3n) is 1.55. The van der Waals surface area contributed by atoms with Crippen molar-refractivity contribution in [2.24, 2.45) is 0 Å². The Morgan fingerprint density at radius 1 is 1.67 bits per heavy atom. The molecule has 2 rings (SSSR count). The number of nitriles is 1. The first-order chi connectivity index (χ1) is 5.83. The number of aromatic nitrogens is 3. The number of rotatable bonds is 0. The average molecular weight is 160 g/mol. The molecule has 0 aliphatic carbocycles. The lowest BCUT2D eigenvalue weighted by Gasteiger charge is -1.89. The van der Waals surface area contributed by atoms with Gasteiger partial charge in [0.1, 0.15) is 11.8 Å². The Balaban J connectivity index is 3.01. The molecular formula is C7H4N4O. The van der Waals surface area contributed by atoms with Crippen LogP contribution in [0.1, 0.15) is 5.69 Å². The van der Waals surface area contributed by atoms with Crippen molar-refractivity contribution >= 4 is 5.65 Å². The summed E-state index contributed by atoms with van der Waals surface area (Å²) in [6.07, 6.45) is 4.42. The van der Waals surface area contributed by atoms with Gasteiger partial charge < -0.3 is 4.98 Å². The molecule has 0 amide bonds. The molecule has 0 saturated heterocycles. The van der Waals surface area contributed by atoms with Gasteiger partial charge in [-0.05, 0) is 0 Å². The van der Waals surface area contributed by atoms with E-state index < -0.39 is 0 Å². The molecule has 12 heavy (non-hydrogen) atoms. The number of H-pyrrole nitrogens is 1. The largest absolute Gasteiger partial charge is 0.324 e. The van der Waals surface area contributed by atoms with E-state index in [1.807, 2.05) is 6.07 Å². The lowest BCUT2D eigenvalue weighted by atomic mass is 10.5. The summed E-state index contributed by atoms with van der Waals surface area (Å²) in [5, 5.41) is 8.59. The van der Waals surface area contributed by atoms with E-state index in [0.717, 1.165) is 0 Å². The Kier molecular flexibility index (Phi) is 1.21. The topological polar surface area (TPSA) is 73.9 Å². The van der Waals surface area contributed by atoms with Gasteiger partial charge in [0.05, 0.1) is 6.20 Å². The Morgan fingerprint density at radius 3 is 3.25 bits per heavy atom. The minimum atomic E-state index is -0.293. The Morgan fingerprint density at radius 2 is 2.50 bits per heavy atom. The molecule has 0 radical (unpaired) electrons. The average Bonchev–Trinajstić information content (AvgIpc) is 2.49. The maximum Gasteiger partial charge on any atom is 0.291 e. The van der Waals surface area contributed by atoms with Crippen LogP contribution in [0, 0.1) is 11.3 Å². The summed E-state index contributed by atoms with van der Waals surface area (Å²) in [6.45, 7) is 0. The number of fused-ring (bicyclic) bond motifs is 1. The fourth-order valence-corrected chi connectivity index (χ4v) is 1.01. The third kappa shape index (κ3) is 0.720. The highest BCUT2D eigenvalue weighted by molar-refractivity contribution is 5.40. The molecule has 1 N–H and O–H groups in total. The number of hydrogen-bond acceptors (Lipinski definition) is 3. The standard InChI is InChI=1S/C7H4N4O/c8-3-5-4-10-6-7(12)9-1-2-11(5)6/h1-2,4H,(H,9,12).